The molecule has 0 amide bonds. The zero-order valence-electron chi connectivity index (χ0n) is 21.0. The maximum atomic E-state index is 13.3. The summed E-state index contributed by atoms with van der Waals surface area (Å²) in [6, 6.07) is 13.7. The van der Waals surface area contributed by atoms with Crippen LogP contribution in [-0.2, 0) is 31.2 Å². The minimum atomic E-state index is -4.32. The maximum absolute atomic E-state index is 13.3. The summed E-state index contributed by atoms with van der Waals surface area (Å²) in [7, 11) is -8.65. The monoisotopic (exact) mass is 608 g/mol. The Bertz CT molecular complexity index is 1890. The molecule has 0 radical (unpaired) electrons. The van der Waals surface area contributed by atoms with E-state index < -0.39 is 75.4 Å². The van der Waals surface area contributed by atoms with Crippen molar-refractivity contribution in [2.45, 2.75) is 21.3 Å². The highest BCUT2D eigenvalue weighted by molar-refractivity contribution is 7.91. The van der Waals surface area contributed by atoms with Gasteiger partial charge in [0.05, 0.1) is 42.5 Å². The molecule has 0 saturated carbocycles. The molecule has 0 unspecified atom stereocenters. The number of benzene rings is 3. The van der Waals surface area contributed by atoms with Gasteiger partial charge < -0.3 is 0 Å². The van der Waals surface area contributed by atoms with Gasteiger partial charge in [0.15, 0.2) is 19.7 Å². The quantitative estimate of drug-likeness (QED) is 0.183. The minimum Gasteiger partial charge on any atom is -0.287 e. The van der Waals surface area contributed by atoms with E-state index in [4.69, 9.17) is 0 Å². The Morgan fingerprint density at radius 1 is 0.571 bits per heavy atom. The van der Waals surface area contributed by atoms with E-state index in [9.17, 15) is 46.7 Å². The number of hydrogen-bond acceptors (Lipinski definition) is 12. The summed E-state index contributed by atoms with van der Waals surface area (Å²) in [6.45, 7) is 0. The molecule has 1 aliphatic carbocycles. The molecule has 14 nitrogen and oxygen atoms in total. The summed E-state index contributed by atoms with van der Waals surface area (Å²) in [5.74, 6) is -3.35. The number of sulfone groups is 2. The van der Waals surface area contributed by atoms with Gasteiger partial charge in [-0.05, 0) is 24.3 Å². The lowest BCUT2D eigenvalue weighted by atomic mass is 9.89. The van der Waals surface area contributed by atoms with E-state index in [0.29, 0.717) is 0 Å². The number of fused-ring (bicyclic) bond motifs is 2. The molecular weight excluding hydrogens is 592 g/mol. The molecule has 0 fully saturated rings. The van der Waals surface area contributed by atoms with Crippen LogP contribution in [0.4, 0.5) is 11.4 Å². The number of hydrogen-bond donors (Lipinski definition) is 0. The largest absolute Gasteiger partial charge is 0.287 e. The van der Waals surface area contributed by atoms with Crippen molar-refractivity contribution >= 4 is 42.6 Å². The molecule has 212 valence electrons. The lowest BCUT2D eigenvalue weighted by Gasteiger charge is -2.19. The first-order chi connectivity index (χ1) is 19.8. The molecule has 0 N–H and O–H groups in total. The summed E-state index contributed by atoms with van der Waals surface area (Å²) in [5, 5.41) is 21.9. The van der Waals surface area contributed by atoms with Gasteiger partial charge in [0.25, 0.3) is 11.4 Å². The zero-order valence-corrected chi connectivity index (χ0v) is 22.7. The lowest BCUT2D eigenvalue weighted by Crippen LogP contribution is -2.27. The number of carbonyl (C=O) groups excluding carboxylic acids is 2. The standard InChI is InChI=1S/C26H16N4O10S2/c31-25-19-3-1-2-4-20(19)26(32)24-23(25)27-21(13-41(37,38)17-9-5-15(6-10-17)29(33)34)22(28-24)14-42(39,40)18-11-7-16(8-12-18)30(35)36/h1-12H,13-14H2. The first-order valence-electron chi connectivity index (χ1n) is 11.8. The van der Waals surface area contributed by atoms with Crippen molar-refractivity contribution in [3.05, 3.63) is 127 Å². The molecule has 0 spiro atoms. The number of aromatic nitrogens is 2. The topological polar surface area (TPSA) is 214 Å². The van der Waals surface area contributed by atoms with Gasteiger partial charge in [-0.2, -0.15) is 0 Å². The molecule has 0 atom stereocenters. The molecule has 16 heteroatoms. The van der Waals surface area contributed by atoms with Gasteiger partial charge in [0.1, 0.15) is 11.4 Å². The molecule has 42 heavy (non-hydrogen) atoms. The van der Waals surface area contributed by atoms with Crippen LogP contribution >= 0.6 is 0 Å². The summed E-state index contributed by atoms with van der Waals surface area (Å²) in [5.41, 5.74) is -2.47. The third kappa shape index (κ3) is 5.15. The van der Waals surface area contributed by atoms with E-state index in [1.54, 1.807) is 0 Å². The van der Waals surface area contributed by atoms with Gasteiger partial charge in [-0.15, -0.1) is 0 Å². The van der Waals surface area contributed by atoms with E-state index in [2.05, 4.69) is 9.97 Å². The van der Waals surface area contributed by atoms with Crippen LogP contribution in [-0.4, -0.2) is 48.2 Å². The summed E-state index contributed by atoms with van der Waals surface area (Å²) < 4.78 is 53.1. The predicted molar refractivity (Wildman–Crippen MR) is 143 cm³/mol. The fourth-order valence-corrected chi connectivity index (χ4v) is 6.88. The third-order valence-corrected chi connectivity index (χ3v) is 9.65. The Morgan fingerprint density at radius 2 is 0.905 bits per heavy atom. The minimum absolute atomic E-state index is 0.0136. The van der Waals surface area contributed by atoms with Crippen LogP contribution in [0, 0.1) is 20.2 Å². The number of carbonyl (C=O) groups is 2. The normalized spacial score (nSPS) is 12.9. The van der Waals surface area contributed by atoms with Crippen molar-refractivity contribution in [2.24, 2.45) is 0 Å². The average Bonchev–Trinajstić information content (AvgIpc) is 2.96. The van der Waals surface area contributed by atoms with Crippen LogP contribution in [0.15, 0.2) is 82.6 Å². The van der Waals surface area contributed by atoms with Crippen LogP contribution in [0.3, 0.4) is 0 Å². The molecule has 1 aromatic heterocycles. The molecule has 5 rings (SSSR count). The number of non-ortho nitro benzene ring substituents is 2. The predicted octanol–water partition coefficient (Wildman–Crippen LogP) is 3.02. The third-order valence-electron chi connectivity index (χ3n) is 6.36. The number of nitrogens with zero attached hydrogens (tertiary/aromatic N) is 4. The SMILES string of the molecule is O=C1c2ccccc2C(=O)c2nc(CS(=O)(=O)c3ccc([N+](=O)[O-])cc3)c(CS(=O)(=O)c3ccc([N+](=O)[O-])cc3)nc21. The van der Waals surface area contributed by atoms with E-state index in [0.717, 1.165) is 48.5 Å². The van der Waals surface area contributed by atoms with Crippen molar-refractivity contribution in [1.29, 1.82) is 0 Å². The molecule has 1 aliphatic rings. The van der Waals surface area contributed by atoms with Crippen molar-refractivity contribution < 1.29 is 36.3 Å². The summed E-state index contributed by atoms with van der Waals surface area (Å²) >= 11 is 0. The highest BCUT2D eigenvalue weighted by atomic mass is 32.2. The number of ketones is 2. The number of rotatable bonds is 8. The summed E-state index contributed by atoms with van der Waals surface area (Å²) in [4.78, 5) is 54.5. The maximum Gasteiger partial charge on any atom is 0.269 e. The lowest BCUT2D eigenvalue weighted by molar-refractivity contribution is -0.385. The molecule has 0 saturated heterocycles. The van der Waals surface area contributed by atoms with Gasteiger partial charge >= 0.3 is 0 Å². The van der Waals surface area contributed by atoms with E-state index >= 15 is 0 Å². The van der Waals surface area contributed by atoms with Crippen LogP contribution < -0.4 is 0 Å². The second-order valence-electron chi connectivity index (χ2n) is 9.04. The molecule has 4 aromatic rings. The summed E-state index contributed by atoms with van der Waals surface area (Å²) in [6.07, 6.45) is 0. The highest BCUT2D eigenvalue weighted by Gasteiger charge is 2.35. The van der Waals surface area contributed by atoms with Gasteiger partial charge in [-0.25, -0.2) is 26.8 Å². The second-order valence-corrected chi connectivity index (χ2v) is 13.0. The Labute approximate surface area is 236 Å². The first kappa shape index (κ1) is 28.3. The smallest absolute Gasteiger partial charge is 0.269 e. The Hall–Kier alpha value is -5.22. The van der Waals surface area contributed by atoms with Crippen molar-refractivity contribution in [1.82, 2.24) is 9.97 Å². The first-order valence-corrected chi connectivity index (χ1v) is 15.1. The fourth-order valence-electron chi connectivity index (χ4n) is 4.26. The highest BCUT2D eigenvalue weighted by Crippen LogP contribution is 2.29. The molecule has 1 heterocycles. The van der Waals surface area contributed by atoms with Gasteiger partial charge in [0, 0.05) is 35.4 Å². The van der Waals surface area contributed by atoms with Crippen molar-refractivity contribution in [3.63, 3.8) is 0 Å². The average molecular weight is 609 g/mol. The fraction of sp³-hybridized carbons (Fsp3) is 0.0769. The van der Waals surface area contributed by atoms with Crippen LogP contribution in [0.2, 0.25) is 0 Å². The van der Waals surface area contributed by atoms with Crippen molar-refractivity contribution in [2.75, 3.05) is 0 Å². The number of nitro groups is 2. The van der Waals surface area contributed by atoms with Gasteiger partial charge in [-0.1, -0.05) is 24.3 Å². The Morgan fingerprint density at radius 3 is 1.21 bits per heavy atom. The van der Waals surface area contributed by atoms with Crippen LogP contribution in [0.5, 0.6) is 0 Å². The van der Waals surface area contributed by atoms with E-state index in [-0.39, 0.29) is 32.3 Å². The molecule has 3 aromatic carbocycles. The van der Waals surface area contributed by atoms with Gasteiger partial charge in [0.2, 0.25) is 11.6 Å². The Kier molecular flexibility index (Phi) is 6.95. The molecular formula is C26H16N4O10S2. The molecule has 0 aliphatic heterocycles. The van der Waals surface area contributed by atoms with Crippen LogP contribution in [0.1, 0.15) is 43.5 Å². The second kappa shape index (κ2) is 10.3. The zero-order chi connectivity index (χ0) is 30.4. The van der Waals surface area contributed by atoms with E-state index in [1.807, 2.05) is 0 Å². The van der Waals surface area contributed by atoms with E-state index in [1.165, 1.54) is 24.3 Å². The molecule has 0 bridgehead atoms. The Balaban J connectivity index is 1.62. The van der Waals surface area contributed by atoms with Gasteiger partial charge in [-0.3, -0.25) is 29.8 Å². The van der Waals surface area contributed by atoms with Crippen molar-refractivity contribution in [3.8, 4) is 0 Å². The van der Waals surface area contributed by atoms with Crippen LogP contribution in [0.25, 0.3) is 0 Å². The number of nitro benzene ring substituents is 2.